The first-order valence-electron chi connectivity index (χ1n) is 6.55. The second-order valence-corrected chi connectivity index (χ2v) is 6.03. The Kier molecular flexibility index (Phi) is 3.33. The van der Waals surface area contributed by atoms with E-state index < -0.39 is 0 Å². The summed E-state index contributed by atoms with van der Waals surface area (Å²) in [5.41, 5.74) is 8.46. The second-order valence-electron chi connectivity index (χ2n) is 6.03. The number of carbonyl (C=O) groups excluding carboxylic acids is 1. The van der Waals surface area contributed by atoms with Crippen molar-refractivity contribution in [3.05, 3.63) is 29.3 Å². The Morgan fingerprint density at radius 1 is 1.39 bits per heavy atom. The van der Waals surface area contributed by atoms with Gasteiger partial charge in [-0.2, -0.15) is 0 Å². The average Bonchev–Trinajstić information content (AvgIpc) is 2.30. The number of nitrogens with zero attached hydrogens (tertiary/aromatic N) is 1. The summed E-state index contributed by atoms with van der Waals surface area (Å²) in [7, 11) is 0. The molecule has 1 heterocycles. The lowest BCUT2D eigenvalue weighted by Gasteiger charge is -2.38. The molecule has 3 nitrogen and oxygen atoms in total. The second kappa shape index (κ2) is 4.63. The van der Waals surface area contributed by atoms with E-state index in [1.54, 1.807) is 0 Å². The number of hydrogen-bond donors (Lipinski definition) is 1. The number of para-hydroxylation sites is 1. The molecule has 1 aliphatic rings. The number of rotatable bonds is 1. The van der Waals surface area contributed by atoms with Crippen LogP contribution >= 0.6 is 0 Å². The van der Waals surface area contributed by atoms with Crippen molar-refractivity contribution in [3.8, 4) is 0 Å². The van der Waals surface area contributed by atoms with Crippen molar-refractivity contribution >= 4 is 11.6 Å². The van der Waals surface area contributed by atoms with Gasteiger partial charge in [-0.05, 0) is 36.8 Å². The summed E-state index contributed by atoms with van der Waals surface area (Å²) < 4.78 is 0. The molecule has 0 aliphatic carbocycles. The third-order valence-electron chi connectivity index (χ3n) is 3.74. The van der Waals surface area contributed by atoms with Crippen molar-refractivity contribution in [2.45, 2.75) is 33.6 Å². The van der Waals surface area contributed by atoms with E-state index in [0.717, 1.165) is 25.1 Å². The highest BCUT2D eigenvalue weighted by Crippen LogP contribution is 2.30. The van der Waals surface area contributed by atoms with Crippen LogP contribution in [0.5, 0.6) is 0 Å². The fraction of sp³-hybridized carbons (Fsp3) is 0.533. The molecule has 0 radical (unpaired) electrons. The molecule has 0 spiro atoms. The molecule has 3 heteroatoms. The van der Waals surface area contributed by atoms with Gasteiger partial charge < -0.3 is 10.6 Å². The maximum atomic E-state index is 12.5. The number of piperidine rings is 1. The molecule has 0 unspecified atom stereocenters. The van der Waals surface area contributed by atoms with Crippen molar-refractivity contribution in [3.63, 3.8) is 0 Å². The predicted octanol–water partition coefficient (Wildman–Crippen LogP) is 2.84. The van der Waals surface area contributed by atoms with E-state index in [1.165, 1.54) is 6.42 Å². The number of amides is 1. The van der Waals surface area contributed by atoms with E-state index in [4.69, 9.17) is 5.73 Å². The molecular weight excluding hydrogens is 224 g/mol. The molecule has 0 atom stereocenters. The van der Waals surface area contributed by atoms with Gasteiger partial charge in [-0.3, -0.25) is 4.79 Å². The molecule has 1 aromatic carbocycles. The number of nitrogens with two attached hydrogens (primary N) is 1. The molecule has 1 aromatic rings. The smallest absolute Gasteiger partial charge is 0.255 e. The van der Waals surface area contributed by atoms with Crippen LogP contribution in [0.25, 0.3) is 0 Å². The number of nitrogen functional groups attached to an aromatic ring is 1. The summed E-state index contributed by atoms with van der Waals surface area (Å²) >= 11 is 0. The first kappa shape index (κ1) is 12.9. The van der Waals surface area contributed by atoms with Crippen LogP contribution in [0, 0.1) is 12.3 Å². The van der Waals surface area contributed by atoms with Gasteiger partial charge in [0.2, 0.25) is 0 Å². The normalized spacial score (nSPS) is 18.7. The summed E-state index contributed by atoms with van der Waals surface area (Å²) in [4.78, 5) is 14.4. The van der Waals surface area contributed by atoms with E-state index >= 15 is 0 Å². The Hall–Kier alpha value is -1.51. The lowest BCUT2D eigenvalue weighted by Crippen LogP contribution is -2.43. The van der Waals surface area contributed by atoms with Crippen LogP contribution in [-0.4, -0.2) is 23.9 Å². The maximum Gasteiger partial charge on any atom is 0.255 e. The standard InChI is InChI=1S/C15H22N2O/c1-11-6-4-7-12(13(11)16)14(18)17-9-5-8-15(2,3)10-17/h4,6-7H,5,8-10,16H2,1-3H3. The van der Waals surface area contributed by atoms with Gasteiger partial charge in [-0.15, -0.1) is 0 Å². The number of likely N-dealkylation sites (tertiary alicyclic amines) is 1. The zero-order valence-corrected chi connectivity index (χ0v) is 11.5. The molecule has 0 bridgehead atoms. The largest absolute Gasteiger partial charge is 0.398 e. The highest BCUT2D eigenvalue weighted by molar-refractivity contribution is 5.99. The highest BCUT2D eigenvalue weighted by Gasteiger charge is 2.30. The van der Waals surface area contributed by atoms with E-state index in [-0.39, 0.29) is 11.3 Å². The highest BCUT2D eigenvalue weighted by atomic mass is 16.2. The first-order valence-corrected chi connectivity index (χ1v) is 6.55. The number of anilines is 1. The monoisotopic (exact) mass is 246 g/mol. The SMILES string of the molecule is Cc1cccc(C(=O)N2CCCC(C)(C)C2)c1N. The van der Waals surface area contributed by atoms with E-state index in [9.17, 15) is 4.79 Å². The van der Waals surface area contributed by atoms with Crippen molar-refractivity contribution in [2.75, 3.05) is 18.8 Å². The number of hydrogen-bond acceptors (Lipinski definition) is 2. The van der Waals surface area contributed by atoms with Crippen LogP contribution in [-0.2, 0) is 0 Å². The molecular formula is C15H22N2O. The van der Waals surface area contributed by atoms with Crippen LogP contribution in [0.1, 0.15) is 42.6 Å². The predicted molar refractivity (Wildman–Crippen MR) is 74.5 cm³/mol. The van der Waals surface area contributed by atoms with Crippen molar-refractivity contribution in [1.29, 1.82) is 0 Å². The van der Waals surface area contributed by atoms with Gasteiger partial charge in [0, 0.05) is 18.8 Å². The van der Waals surface area contributed by atoms with Crippen molar-refractivity contribution in [1.82, 2.24) is 4.90 Å². The Morgan fingerprint density at radius 3 is 2.78 bits per heavy atom. The molecule has 0 saturated carbocycles. The van der Waals surface area contributed by atoms with Gasteiger partial charge in [-0.25, -0.2) is 0 Å². The summed E-state index contributed by atoms with van der Waals surface area (Å²) in [5, 5.41) is 0. The molecule has 1 fully saturated rings. The fourth-order valence-electron chi connectivity index (χ4n) is 2.63. The fourth-order valence-corrected chi connectivity index (χ4v) is 2.63. The Balaban J connectivity index is 2.23. The molecule has 0 aromatic heterocycles. The lowest BCUT2D eigenvalue weighted by atomic mass is 9.84. The summed E-state index contributed by atoms with van der Waals surface area (Å²) in [6.07, 6.45) is 2.25. The van der Waals surface area contributed by atoms with Gasteiger partial charge in [0.1, 0.15) is 0 Å². The molecule has 1 saturated heterocycles. The average molecular weight is 246 g/mol. The topological polar surface area (TPSA) is 46.3 Å². The Labute approximate surface area is 109 Å². The van der Waals surface area contributed by atoms with E-state index in [1.807, 2.05) is 30.0 Å². The number of aryl methyl sites for hydroxylation is 1. The van der Waals surface area contributed by atoms with Crippen LogP contribution in [0.3, 0.4) is 0 Å². The molecule has 2 rings (SSSR count). The molecule has 2 N–H and O–H groups in total. The summed E-state index contributed by atoms with van der Waals surface area (Å²) in [5.74, 6) is 0.0731. The van der Waals surface area contributed by atoms with Crippen molar-refractivity contribution in [2.24, 2.45) is 5.41 Å². The van der Waals surface area contributed by atoms with Crippen LogP contribution < -0.4 is 5.73 Å². The van der Waals surface area contributed by atoms with Crippen LogP contribution in [0.4, 0.5) is 5.69 Å². The Morgan fingerprint density at radius 2 is 2.11 bits per heavy atom. The van der Waals surface area contributed by atoms with E-state index in [2.05, 4.69) is 13.8 Å². The van der Waals surface area contributed by atoms with Gasteiger partial charge in [0.05, 0.1) is 5.56 Å². The molecule has 98 valence electrons. The van der Waals surface area contributed by atoms with Gasteiger partial charge >= 0.3 is 0 Å². The molecule has 18 heavy (non-hydrogen) atoms. The van der Waals surface area contributed by atoms with Gasteiger partial charge in [0.15, 0.2) is 0 Å². The first-order chi connectivity index (χ1) is 8.41. The molecule has 1 aliphatic heterocycles. The third-order valence-corrected chi connectivity index (χ3v) is 3.74. The van der Waals surface area contributed by atoms with Gasteiger partial charge in [-0.1, -0.05) is 26.0 Å². The van der Waals surface area contributed by atoms with E-state index in [0.29, 0.717) is 11.3 Å². The number of benzene rings is 1. The minimum atomic E-state index is 0.0731. The molecule has 1 amide bonds. The lowest BCUT2D eigenvalue weighted by molar-refractivity contribution is 0.0584. The minimum Gasteiger partial charge on any atom is -0.398 e. The van der Waals surface area contributed by atoms with Crippen LogP contribution in [0.2, 0.25) is 0 Å². The summed E-state index contributed by atoms with van der Waals surface area (Å²) in [6.45, 7) is 8.03. The maximum absolute atomic E-state index is 12.5. The quantitative estimate of drug-likeness (QED) is 0.774. The summed E-state index contributed by atoms with van der Waals surface area (Å²) in [6, 6.07) is 5.66. The third kappa shape index (κ3) is 2.50. The number of carbonyl (C=O) groups is 1. The van der Waals surface area contributed by atoms with Crippen molar-refractivity contribution < 1.29 is 4.79 Å². The Bertz CT molecular complexity index is 466. The zero-order valence-electron chi connectivity index (χ0n) is 11.5. The zero-order chi connectivity index (χ0) is 13.3. The minimum absolute atomic E-state index is 0.0731. The van der Waals surface area contributed by atoms with Crippen LogP contribution in [0.15, 0.2) is 18.2 Å². The van der Waals surface area contributed by atoms with Gasteiger partial charge in [0.25, 0.3) is 5.91 Å².